The first-order valence-corrected chi connectivity index (χ1v) is 8.87. The second-order valence-electron chi connectivity index (χ2n) is 7.09. The summed E-state index contributed by atoms with van der Waals surface area (Å²) in [4.78, 5) is 13.6. The van der Waals surface area contributed by atoms with Crippen LogP contribution in [0.15, 0.2) is 24.0 Å². The molecule has 1 fully saturated rings. The lowest BCUT2D eigenvalue weighted by Crippen LogP contribution is -2.39. The van der Waals surface area contributed by atoms with Crippen molar-refractivity contribution in [2.75, 3.05) is 6.54 Å². The zero-order valence-electron chi connectivity index (χ0n) is 15.3. The molecule has 6 heteroatoms. The van der Waals surface area contributed by atoms with Crippen LogP contribution >= 0.6 is 0 Å². The van der Waals surface area contributed by atoms with Crippen LogP contribution in [0.5, 0.6) is 0 Å². The molecular weight excluding hydrogens is 338 g/mol. The van der Waals surface area contributed by atoms with Crippen molar-refractivity contribution in [3.8, 4) is 0 Å². The lowest BCUT2D eigenvalue weighted by atomic mass is 10.1. The van der Waals surface area contributed by atoms with Crippen LogP contribution in [0, 0.1) is 12.7 Å². The van der Waals surface area contributed by atoms with Gasteiger partial charge in [-0.15, -0.1) is 0 Å². The zero-order chi connectivity index (χ0) is 19.0. The summed E-state index contributed by atoms with van der Waals surface area (Å²) in [5, 5.41) is 11.2. The zero-order valence-corrected chi connectivity index (χ0v) is 15.3. The number of aliphatic hydroxyl groups excluding tert-OH is 1. The van der Waals surface area contributed by atoms with Crippen molar-refractivity contribution in [2.24, 2.45) is 0 Å². The number of halogens is 2. The van der Waals surface area contributed by atoms with Crippen molar-refractivity contribution in [3.05, 3.63) is 41.1 Å². The number of amides is 1. The number of carbonyl (C=O) groups is 1. The van der Waals surface area contributed by atoms with E-state index in [2.05, 4.69) is 0 Å². The standard InChI is InChI=1S/C20H24F2N2O2/c1-12(21)8-17-14(3)24(19-6-5-15(22)9-18(17)19)11-16(25)10-23-13(2)4-7-20(23)26/h5-6,8-9,13,16,25H,4,7,10-11H2,1-3H3/b12-8+. The molecule has 2 unspecified atom stereocenters. The van der Waals surface area contributed by atoms with Gasteiger partial charge in [0, 0.05) is 41.2 Å². The van der Waals surface area contributed by atoms with Crippen LogP contribution in [0.4, 0.5) is 8.78 Å². The summed E-state index contributed by atoms with van der Waals surface area (Å²) >= 11 is 0. The molecule has 3 rings (SSSR count). The molecule has 2 aromatic rings. The smallest absolute Gasteiger partial charge is 0.222 e. The Kier molecular flexibility index (Phi) is 5.14. The molecule has 1 aromatic carbocycles. The monoisotopic (exact) mass is 362 g/mol. The number of hydrogen-bond acceptors (Lipinski definition) is 2. The van der Waals surface area contributed by atoms with Crippen molar-refractivity contribution in [1.82, 2.24) is 9.47 Å². The van der Waals surface area contributed by atoms with Gasteiger partial charge in [0.15, 0.2) is 0 Å². The van der Waals surface area contributed by atoms with Crippen LogP contribution in [-0.4, -0.2) is 39.2 Å². The van der Waals surface area contributed by atoms with Gasteiger partial charge in [-0.3, -0.25) is 4.79 Å². The largest absolute Gasteiger partial charge is 0.389 e. The van der Waals surface area contributed by atoms with Crippen molar-refractivity contribution in [1.29, 1.82) is 0 Å². The molecule has 2 heterocycles. The topological polar surface area (TPSA) is 45.5 Å². The lowest BCUT2D eigenvalue weighted by Gasteiger charge is -2.25. The van der Waals surface area contributed by atoms with E-state index in [0.717, 1.165) is 17.6 Å². The lowest BCUT2D eigenvalue weighted by molar-refractivity contribution is -0.130. The average Bonchev–Trinajstić information content (AvgIpc) is 3.00. The van der Waals surface area contributed by atoms with Gasteiger partial charge in [-0.1, -0.05) is 0 Å². The van der Waals surface area contributed by atoms with Gasteiger partial charge in [-0.2, -0.15) is 0 Å². The van der Waals surface area contributed by atoms with E-state index >= 15 is 0 Å². The first-order valence-electron chi connectivity index (χ1n) is 8.87. The number of nitrogens with zero attached hydrogens (tertiary/aromatic N) is 2. The second-order valence-corrected chi connectivity index (χ2v) is 7.09. The van der Waals surface area contributed by atoms with Crippen LogP contribution in [0.2, 0.25) is 0 Å². The van der Waals surface area contributed by atoms with Crippen molar-refractivity contribution >= 4 is 22.9 Å². The molecule has 0 radical (unpaired) electrons. The summed E-state index contributed by atoms with van der Waals surface area (Å²) in [6, 6.07) is 4.50. The first-order chi connectivity index (χ1) is 12.3. The van der Waals surface area contributed by atoms with E-state index in [4.69, 9.17) is 0 Å². The molecular formula is C20H24F2N2O2. The van der Waals surface area contributed by atoms with Crippen LogP contribution < -0.4 is 0 Å². The van der Waals surface area contributed by atoms with Gasteiger partial charge in [-0.05, 0) is 51.5 Å². The Morgan fingerprint density at radius 3 is 2.77 bits per heavy atom. The number of carbonyl (C=O) groups excluding carboxylic acids is 1. The summed E-state index contributed by atoms with van der Waals surface area (Å²) < 4.78 is 29.0. The Labute approximate surface area is 151 Å². The van der Waals surface area contributed by atoms with Crippen molar-refractivity contribution in [3.63, 3.8) is 0 Å². The minimum absolute atomic E-state index is 0.0596. The SMILES string of the molecule is C/C(F)=C\c1c(C)n(CC(O)CN2C(=O)CCC2C)c2ccc(F)cc12. The van der Waals surface area contributed by atoms with Crippen LogP contribution in [-0.2, 0) is 11.3 Å². The number of likely N-dealkylation sites (tertiary alicyclic amines) is 1. The molecule has 1 amide bonds. The second kappa shape index (κ2) is 7.19. The Balaban J connectivity index is 1.93. The van der Waals surface area contributed by atoms with E-state index in [1.54, 1.807) is 11.0 Å². The molecule has 1 aromatic heterocycles. The molecule has 1 aliphatic rings. The van der Waals surface area contributed by atoms with E-state index in [-0.39, 0.29) is 30.9 Å². The quantitative estimate of drug-likeness (QED) is 0.880. The Morgan fingerprint density at radius 1 is 1.42 bits per heavy atom. The maximum absolute atomic E-state index is 13.7. The number of benzene rings is 1. The highest BCUT2D eigenvalue weighted by Crippen LogP contribution is 2.29. The van der Waals surface area contributed by atoms with Gasteiger partial charge < -0.3 is 14.6 Å². The number of allylic oxidation sites excluding steroid dienone is 1. The van der Waals surface area contributed by atoms with E-state index in [0.29, 0.717) is 17.4 Å². The summed E-state index contributed by atoms with van der Waals surface area (Å²) in [7, 11) is 0. The summed E-state index contributed by atoms with van der Waals surface area (Å²) in [5.41, 5.74) is 2.09. The van der Waals surface area contributed by atoms with Gasteiger partial charge >= 0.3 is 0 Å². The highest BCUT2D eigenvalue weighted by molar-refractivity contribution is 5.91. The van der Waals surface area contributed by atoms with Crippen LogP contribution in [0.1, 0.15) is 37.9 Å². The number of hydrogen-bond donors (Lipinski definition) is 1. The summed E-state index contributed by atoms with van der Waals surface area (Å²) in [5.74, 6) is -0.698. The normalized spacial score (nSPS) is 19.6. The first kappa shape index (κ1) is 18.6. The minimum Gasteiger partial charge on any atom is -0.389 e. The van der Waals surface area contributed by atoms with E-state index in [1.807, 2.05) is 18.4 Å². The molecule has 2 atom stereocenters. The molecule has 1 N–H and O–H groups in total. The molecule has 0 saturated carbocycles. The van der Waals surface area contributed by atoms with Gasteiger partial charge in [-0.25, -0.2) is 8.78 Å². The Hall–Kier alpha value is -2.21. The Bertz CT molecular complexity index is 868. The third-order valence-corrected chi connectivity index (χ3v) is 5.11. The average molecular weight is 362 g/mol. The fourth-order valence-electron chi connectivity index (χ4n) is 3.75. The fraction of sp³-hybridized carbons (Fsp3) is 0.450. The molecule has 1 saturated heterocycles. The number of rotatable bonds is 5. The number of fused-ring (bicyclic) bond motifs is 1. The molecule has 1 aliphatic heterocycles. The van der Waals surface area contributed by atoms with Gasteiger partial charge in [0.25, 0.3) is 0 Å². The molecule has 0 bridgehead atoms. The van der Waals surface area contributed by atoms with Crippen LogP contribution in [0.25, 0.3) is 17.0 Å². The van der Waals surface area contributed by atoms with Gasteiger partial charge in [0.1, 0.15) is 5.82 Å². The third-order valence-electron chi connectivity index (χ3n) is 5.11. The fourth-order valence-corrected chi connectivity index (χ4v) is 3.75. The highest BCUT2D eigenvalue weighted by atomic mass is 19.1. The summed E-state index contributed by atoms with van der Waals surface area (Å²) in [6.07, 6.45) is 1.94. The number of aliphatic hydroxyl groups is 1. The minimum atomic E-state index is -0.762. The Morgan fingerprint density at radius 2 is 2.15 bits per heavy atom. The van der Waals surface area contributed by atoms with Gasteiger partial charge in [0.05, 0.1) is 18.5 Å². The number of β-amino-alcohol motifs (C(OH)–C–C–N with tert-alkyl or cyclic N) is 1. The predicted molar refractivity (Wildman–Crippen MR) is 97.8 cm³/mol. The molecule has 0 aliphatic carbocycles. The van der Waals surface area contributed by atoms with E-state index in [1.165, 1.54) is 25.1 Å². The van der Waals surface area contributed by atoms with Gasteiger partial charge in [0.2, 0.25) is 5.91 Å². The van der Waals surface area contributed by atoms with Crippen molar-refractivity contribution < 1.29 is 18.7 Å². The van der Waals surface area contributed by atoms with E-state index < -0.39 is 11.9 Å². The third kappa shape index (κ3) is 3.51. The van der Waals surface area contributed by atoms with E-state index in [9.17, 15) is 18.7 Å². The predicted octanol–water partition coefficient (Wildman–Crippen LogP) is 3.79. The molecule has 140 valence electrons. The van der Waals surface area contributed by atoms with Crippen LogP contribution in [0.3, 0.4) is 0 Å². The number of aromatic nitrogens is 1. The van der Waals surface area contributed by atoms with Crippen molar-refractivity contribution in [2.45, 2.75) is 52.3 Å². The maximum Gasteiger partial charge on any atom is 0.222 e. The molecule has 0 spiro atoms. The molecule has 26 heavy (non-hydrogen) atoms. The maximum atomic E-state index is 13.7. The summed E-state index contributed by atoms with van der Waals surface area (Å²) in [6.45, 7) is 5.65. The highest BCUT2D eigenvalue weighted by Gasteiger charge is 2.29. The molecule has 4 nitrogen and oxygen atoms in total.